The fourth-order valence-electron chi connectivity index (χ4n) is 1.94. The molecule has 1 aromatic heterocycles. The van der Waals surface area contributed by atoms with Crippen LogP contribution in [0.1, 0.15) is 52.4 Å². The zero-order valence-electron chi connectivity index (χ0n) is 13.3. The maximum atomic E-state index is 9.45. The molecule has 0 aliphatic carbocycles. The molecular weight excluding hydrogens is 254 g/mol. The second-order valence-electron chi connectivity index (χ2n) is 6.39. The van der Waals surface area contributed by atoms with Crippen LogP contribution < -0.4 is 16.6 Å². The Bertz CT molecular complexity index is 454. The number of nitrogens with one attached hydrogen (secondary N) is 2. The molecule has 20 heavy (non-hydrogen) atoms. The molecule has 1 heterocycles. The Balaban J connectivity index is 3.11. The number of nitrogens with two attached hydrogens (primary N) is 1. The van der Waals surface area contributed by atoms with Crippen LogP contribution in [-0.4, -0.2) is 27.2 Å². The van der Waals surface area contributed by atoms with Crippen molar-refractivity contribution in [2.45, 2.75) is 65.5 Å². The molecule has 0 radical (unpaired) electrons. The van der Waals surface area contributed by atoms with E-state index < -0.39 is 0 Å². The summed E-state index contributed by atoms with van der Waals surface area (Å²) in [5.41, 5.74) is 3.33. The van der Waals surface area contributed by atoms with Gasteiger partial charge in [-0.15, -0.1) is 0 Å². The van der Waals surface area contributed by atoms with Crippen molar-refractivity contribution in [2.24, 2.45) is 5.84 Å². The summed E-state index contributed by atoms with van der Waals surface area (Å²) in [6, 6.07) is 0.113. The van der Waals surface area contributed by atoms with Gasteiger partial charge in [-0.25, -0.2) is 15.8 Å². The maximum absolute atomic E-state index is 9.45. The van der Waals surface area contributed by atoms with Crippen LogP contribution in [0.15, 0.2) is 0 Å². The standard InChI is InChI=1S/C14H27N5O/c1-8(7-9(2)20)16-11-10(3)12(19-15)18-13(17-11)14(4,5)6/h8-9,20H,7,15H2,1-6H3,(H2,16,17,18,19). The molecular formula is C14H27N5O. The lowest BCUT2D eigenvalue weighted by Gasteiger charge is -2.23. The number of nitrogen functional groups attached to an aromatic ring is 1. The summed E-state index contributed by atoms with van der Waals surface area (Å²) in [7, 11) is 0. The molecule has 0 aromatic carbocycles. The molecule has 0 spiro atoms. The Hall–Kier alpha value is -1.40. The van der Waals surface area contributed by atoms with E-state index in [4.69, 9.17) is 5.84 Å². The Morgan fingerprint density at radius 2 is 1.75 bits per heavy atom. The first-order valence-electron chi connectivity index (χ1n) is 6.95. The van der Waals surface area contributed by atoms with Crippen LogP contribution in [0.5, 0.6) is 0 Å². The normalized spacial score (nSPS) is 14.8. The number of aliphatic hydroxyl groups excluding tert-OH is 1. The first kappa shape index (κ1) is 16.7. The quantitative estimate of drug-likeness (QED) is 0.486. The van der Waals surface area contributed by atoms with Crippen LogP contribution in [0.2, 0.25) is 0 Å². The highest BCUT2D eigenvalue weighted by Crippen LogP contribution is 2.26. The number of hydrazine groups is 1. The zero-order valence-corrected chi connectivity index (χ0v) is 13.3. The molecule has 0 aliphatic heterocycles. The summed E-state index contributed by atoms with van der Waals surface area (Å²) in [6.07, 6.45) is 0.300. The SMILES string of the molecule is Cc1c(NN)nc(C(C)(C)C)nc1NC(C)CC(C)O. The van der Waals surface area contributed by atoms with Gasteiger partial charge in [-0.2, -0.15) is 0 Å². The minimum absolute atomic E-state index is 0.113. The average Bonchev–Trinajstić information content (AvgIpc) is 2.29. The predicted molar refractivity (Wildman–Crippen MR) is 82.7 cm³/mol. The molecule has 1 rings (SSSR count). The van der Waals surface area contributed by atoms with Crippen molar-refractivity contribution in [2.75, 3.05) is 10.7 Å². The highest BCUT2D eigenvalue weighted by atomic mass is 16.3. The minimum Gasteiger partial charge on any atom is -0.393 e. The molecule has 0 amide bonds. The van der Waals surface area contributed by atoms with Crippen LogP contribution in [0.25, 0.3) is 0 Å². The number of hydrogen-bond donors (Lipinski definition) is 4. The van der Waals surface area contributed by atoms with Gasteiger partial charge in [0.1, 0.15) is 17.5 Å². The third kappa shape index (κ3) is 4.31. The number of rotatable bonds is 5. The van der Waals surface area contributed by atoms with Gasteiger partial charge in [-0.3, -0.25) is 0 Å². The molecule has 0 saturated heterocycles. The van der Waals surface area contributed by atoms with Gasteiger partial charge in [-0.1, -0.05) is 20.8 Å². The van der Waals surface area contributed by atoms with Gasteiger partial charge >= 0.3 is 0 Å². The van der Waals surface area contributed by atoms with E-state index in [1.807, 2.05) is 13.8 Å². The van der Waals surface area contributed by atoms with Crippen molar-refractivity contribution >= 4 is 11.6 Å². The Morgan fingerprint density at radius 3 is 2.20 bits per heavy atom. The van der Waals surface area contributed by atoms with Crippen molar-refractivity contribution < 1.29 is 5.11 Å². The summed E-state index contributed by atoms with van der Waals surface area (Å²) >= 11 is 0. The fourth-order valence-corrected chi connectivity index (χ4v) is 1.94. The van der Waals surface area contributed by atoms with Crippen LogP contribution >= 0.6 is 0 Å². The van der Waals surface area contributed by atoms with Crippen LogP contribution in [0, 0.1) is 6.92 Å². The van der Waals surface area contributed by atoms with Gasteiger partial charge < -0.3 is 15.8 Å². The number of anilines is 2. The highest BCUT2D eigenvalue weighted by Gasteiger charge is 2.21. The molecule has 1 aromatic rings. The van der Waals surface area contributed by atoms with Crippen molar-refractivity contribution in [1.29, 1.82) is 0 Å². The van der Waals surface area contributed by atoms with E-state index in [1.54, 1.807) is 6.92 Å². The molecule has 0 fully saturated rings. The number of aromatic nitrogens is 2. The molecule has 0 bridgehead atoms. The zero-order chi connectivity index (χ0) is 15.5. The Kier molecular flexibility index (Phi) is 5.30. The monoisotopic (exact) mass is 281 g/mol. The minimum atomic E-state index is -0.353. The summed E-state index contributed by atoms with van der Waals surface area (Å²) in [6.45, 7) is 11.9. The van der Waals surface area contributed by atoms with E-state index in [9.17, 15) is 5.11 Å². The van der Waals surface area contributed by atoms with E-state index in [-0.39, 0.29) is 17.6 Å². The summed E-state index contributed by atoms with van der Waals surface area (Å²) in [5.74, 6) is 7.64. The van der Waals surface area contributed by atoms with E-state index in [1.165, 1.54) is 0 Å². The lowest BCUT2D eigenvalue weighted by molar-refractivity contribution is 0.179. The van der Waals surface area contributed by atoms with Crippen molar-refractivity contribution in [3.8, 4) is 0 Å². The lowest BCUT2D eigenvalue weighted by atomic mass is 9.95. The molecule has 114 valence electrons. The molecule has 0 aliphatic rings. The molecule has 5 N–H and O–H groups in total. The Labute approximate surface area is 121 Å². The summed E-state index contributed by atoms with van der Waals surface area (Å²) < 4.78 is 0. The third-order valence-electron chi connectivity index (χ3n) is 3.03. The topological polar surface area (TPSA) is 96.1 Å². The molecule has 0 saturated carbocycles. The van der Waals surface area contributed by atoms with Crippen LogP contribution in [0.3, 0.4) is 0 Å². The summed E-state index contributed by atoms with van der Waals surface area (Å²) in [4.78, 5) is 9.05. The van der Waals surface area contributed by atoms with Crippen molar-refractivity contribution in [3.63, 3.8) is 0 Å². The van der Waals surface area contributed by atoms with Gasteiger partial charge in [0.25, 0.3) is 0 Å². The smallest absolute Gasteiger partial charge is 0.148 e. The van der Waals surface area contributed by atoms with Crippen LogP contribution in [0.4, 0.5) is 11.6 Å². The van der Waals surface area contributed by atoms with Gasteiger partial charge in [0.15, 0.2) is 0 Å². The molecule has 2 atom stereocenters. The Morgan fingerprint density at radius 1 is 1.20 bits per heavy atom. The maximum Gasteiger partial charge on any atom is 0.148 e. The van der Waals surface area contributed by atoms with Gasteiger partial charge in [0.2, 0.25) is 0 Å². The van der Waals surface area contributed by atoms with Crippen molar-refractivity contribution in [1.82, 2.24) is 9.97 Å². The highest BCUT2D eigenvalue weighted by molar-refractivity contribution is 5.57. The van der Waals surface area contributed by atoms with E-state index in [0.29, 0.717) is 12.2 Å². The molecule has 6 nitrogen and oxygen atoms in total. The second kappa shape index (κ2) is 6.37. The lowest BCUT2D eigenvalue weighted by Crippen LogP contribution is -2.25. The first-order chi connectivity index (χ1) is 9.15. The second-order valence-corrected chi connectivity index (χ2v) is 6.39. The first-order valence-corrected chi connectivity index (χ1v) is 6.95. The van der Waals surface area contributed by atoms with E-state index >= 15 is 0 Å². The fraction of sp³-hybridized carbons (Fsp3) is 0.714. The molecule has 2 unspecified atom stereocenters. The van der Waals surface area contributed by atoms with Gasteiger partial charge in [0.05, 0.1) is 6.10 Å². The molecule has 6 heteroatoms. The average molecular weight is 281 g/mol. The van der Waals surface area contributed by atoms with Gasteiger partial charge in [0, 0.05) is 17.0 Å². The number of nitrogens with zero attached hydrogens (tertiary/aromatic N) is 2. The van der Waals surface area contributed by atoms with Gasteiger partial charge in [-0.05, 0) is 27.2 Å². The van der Waals surface area contributed by atoms with Crippen LogP contribution in [-0.2, 0) is 5.41 Å². The number of hydrogen-bond acceptors (Lipinski definition) is 6. The largest absolute Gasteiger partial charge is 0.393 e. The number of aliphatic hydroxyl groups is 1. The summed E-state index contributed by atoms with van der Waals surface area (Å²) in [5, 5.41) is 12.8. The van der Waals surface area contributed by atoms with E-state index in [0.717, 1.165) is 17.2 Å². The predicted octanol–water partition coefficient (Wildman–Crippen LogP) is 1.94. The van der Waals surface area contributed by atoms with E-state index in [2.05, 4.69) is 41.5 Å². The van der Waals surface area contributed by atoms with Crippen molar-refractivity contribution in [3.05, 3.63) is 11.4 Å². The third-order valence-corrected chi connectivity index (χ3v) is 3.03.